The Morgan fingerprint density at radius 3 is 2.31 bits per heavy atom. The zero-order valence-electron chi connectivity index (χ0n) is 30.7. The van der Waals surface area contributed by atoms with Gasteiger partial charge in [-0.25, -0.2) is 18.2 Å². The summed E-state index contributed by atoms with van der Waals surface area (Å²) in [5.41, 5.74) is 11.2. The Hall–Kier alpha value is -4.27. The van der Waals surface area contributed by atoms with Gasteiger partial charge in [0.05, 0.1) is 39.2 Å². The second-order valence-corrected chi connectivity index (χ2v) is 17.8. The second kappa shape index (κ2) is 16.6. The number of morpholine rings is 1. The lowest BCUT2D eigenvalue weighted by atomic mass is 10.1. The number of fused-ring (bicyclic) bond motifs is 2. The van der Waals surface area contributed by atoms with E-state index in [1.165, 1.54) is 27.1 Å². The minimum absolute atomic E-state index is 0.0573. The van der Waals surface area contributed by atoms with Crippen LogP contribution in [-0.2, 0) is 59.2 Å². The van der Waals surface area contributed by atoms with Gasteiger partial charge in [0, 0.05) is 20.2 Å². The van der Waals surface area contributed by atoms with E-state index in [2.05, 4.69) is 38.1 Å². The van der Waals surface area contributed by atoms with Gasteiger partial charge >= 0.3 is 5.65 Å². The summed E-state index contributed by atoms with van der Waals surface area (Å²) in [6.07, 6.45) is -4.97. The van der Waals surface area contributed by atoms with Crippen molar-refractivity contribution in [3.63, 3.8) is 0 Å². The number of phosphoric ester groups is 2. The summed E-state index contributed by atoms with van der Waals surface area (Å²) in [7, 11) is -15.4. The standard InChI is InChI=1S/C29H38N11O16P3/c1-37-14-40(24-20(37)26(43)36-29(31)34-24)18-10-38(8-15-6-4-3-5-7-15)9-16(53-18)11-51-57(44,45)55-59(48,49)56-58(46,47)52-12-17-21(41)22(50-2)27(54-17)39-13-32-19-23(39)33-28(30)35-25(19)42/h3-7,13-14,16-18,21-22,27,41H,8-12H2,1-2H3,(H8-,30,31,33,34,35,36,42,43,44,45,46,47,48,49)/p-2/t16?,17-,18?,21-,22-,27-/m1/s1. The van der Waals surface area contributed by atoms with E-state index in [9.17, 15) is 43.1 Å². The Kier molecular flexibility index (Phi) is 12.1. The molecule has 30 heteroatoms. The fraction of sp³-hybridized carbons (Fsp3) is 0.448. The number of methoxy groups -OCH3 is 1. The normalized spacial score (nSPS) is 25.9. The number of hydrogen-bond acceptors (Lipinski definition) is 22. The lowest BCUT2D eigenvalue weighted by Crippen LogP contribution is -2.55. The van der Waals surface area contributed by atoms with E-state index < -0.39 is 84.7 Å². The molecule has 0 radical (unpaired) electrons. The van der Waals surface area contributed by atoms with Crippen LogP contribution in [0.5, 0.6) is 0 Å². The molecule has 59 heavy (non-hydrogen) atoms. The smallest absolute Gasteiger partial charge is 0.313 e. The van der Waals surface area contributed by atoms with E-state index in [1.54, 1.807) is 7.05 Å². The molecule has 0 bridgehead atoms. The third-order valence-corrected chi connectivity index (χ3v) is 13.2. The maximum Gasteiger partial charge on any atom is 0.313 e. The lowest BCUT2D eigenvalue weighted by Gasteiger charge is -2.38. The van der Waals surface area contributed by atoms with Gasteiger partial charge in [-0.1, -0.05) is 35.3 Å². The van der Waals surface area contributed by atoms with E-state index in [-0.39, 0.29) is 47.3 Å². The molecule has 2 aliphatic heterocycles. The van der Waals surface area contributed by atoms with Crippen molar-refractivity contribution in [3.05, 3.63) is 69.3 Å². The van der Waals surface area contributed by atoms with Crippen LogP contribution >= 0.6 is 23.5 Å². The molecule has 0 aliphatic carbocycles. The highest BCUT2D eigenvalue weighted by Gasteiger charge is 2.46. The molecule has 0 saturated carbocycles. The van der Waals surface area contributed by atoms with Crippen LogP contribution in [0.3, 0.4) is 0 Å². The van der Waals surface area contributed by atoms with Gasteiger partial charge in [-0.15, -0.1) is 0 Å². The first kappa shape index (κ1) is 42.8. The predicted octanol–water partition coefficient (Wildman–Crippen LogP) is -3.01. The number of benzene rings is 1. The summed E-state index contributed by atoms with van der Waals surface area (Å²) < 4.78 is 76.7. The predicted molar refractivity (Wildman–Crippen MR) is 192 cm³/mol. The largest absolute Gasteiger partial charge is 0.756 e. The summed E-state index contributed by atoms with van der Waals surface area (Å²) in [6, 6.07) is 9.22. The van der Waals surface area contributed by atoms with Gasteiger partial charge in [0.25, 0.3) is 40.5 Å². The van der Waals surface area contributed by atoms with Gasteiger partial charge in [0.15, 0.2) is 29.9 Å². The Balaban J connectivity index is 0.989. The number of aliphatic hydroxyl groups excluding tert-OH is 1. The van der Waals surface area contributed by atoms with Gasteiger partial charge < -0.3 is 54.5 Å². The van der Waals surface area contributed by atoms with Crippen molar-refractivity contribution < 1.29 is 69.9 Å². The molecule has 2 saturated heterocycles. The van der Waals surface area contributed by atoms with Crippen LogP contribution in [-0.4, -0.2) is 102 Å². The van der Waals surface area contributed by atoms with Crippen LogP contribution < -0.4 is 41.8 Å². The summed E-state index contributed by atoms with van der Waals surface area (Å²) in [6.45, 7) is -1.27. The van der Waals surface area contributed by atoms with E-state index in [0.29, 0.717) is 6.54 Å². The van der Waals surface area contributed by atoms with Crippen LogP contribution in [0.1, 0.15) is 18.0 Å². The molecule has 5 unspecified atom stereocenters. The third-order valence-electron chi connectivity index (χ3n) is 9.10. The average molecular weight is 888 g/mol. The molecule has 2 fully saturated rings. The molecule has 2 aliphatic rings. The van der Waals surface area contributed by atoms with E-state index in [1.807, 2.05) is 35.2 Å². The second-order valence-electron chi connectivity index (χ2n) is 13.3. The number of phosphoric acid groups is 3. The number of hydrogen-bond donors (Lipinski definition) is 5. The van der Waals surface area contributed by atoms with Crippen molar-refractivity contribution in [2.24, 2.45) is 7.05 Å². The monoisotopic (exact) mass is 887 g/mol. The van der Waals surface area contributed by atoms with Crippen LogP contribution in [0.2, 0.25) is 0 Å². The Morgan fingerprint density at radius 2 is 1.61 bits per heavy atom. The van der Waals surface area contributed by atoms with Gasteiger partial charge in [-0.3, -0.25) is 47.3 Å². The summed E-state index contributed by atoms with van der Waals surface area (Å²) in [4.78, 5) is 81.5. The molecule has 4 aromatic heterocycles. The summed E-state index contributed by atoms with van der Waals surface area (Å²) in [5, 5.41) is 10.8. The number of nitrogens with two attached hydrogens (primary N) is 2. The van der Waals surface area contributed by atoms with E-state index in [4.69, 9.17) is 30.2 Å². The lowest BCUT2D eigenvalue weighted by molar-refractivity contribution is -0.747. The molecule has 6 heterocycles. The molecule has 27 nitrogen and oxygen atoms in total. The van der Waals surface area contributed by atoms with Crippen LogP contribution in [0, 0.1) is 0 Å². The first-order valence-electron chi connectivity index (χ1n) is 17.2. The number of nitrogens with zero attached hydrogens (tertiary/aromatic N) is 7. The molecule has 5 aromatic rings. The molecule has 0 spiro atoms. The first-order chi connectivity index (χ1) is 27.8. The maximum absolute atomic E-state index is 12.8. The number of aryl methyl sites for hydroxylation is 1. The Bertz CT molecular complexity index is 2610. The Morgan fingerprint density at radius 1 is 0.949 bits per heavy atom. The van der Waals surface area contributed by atoms with Crippen molar-refractivity contribution in [1.29, 1.82) is 0 Å². The summed E-state index contributed by atoms with van der Waals surface area (Å²) >= 11 is 0. The third kappa shape index (κ3) is 9.55. The number of rotatable bonds is 15. The zero-order valence-corrected chi connectivity index (χ0v) is 33.4. The number of aliphatic hydroxyl groups is 1. The molecule has 320 valence electrons. The average Bonchev–Trinajstić information content (AvgIpc) is 3.81. The highest BCUT2D eigenvalue weighted by Crippen LogP contribution is 2.63. The number of ether oxygens (including phenoxy) is 3. The molecule has 0 amide bonds. The van der Waals surface area contributed by atoms with Crippen LogP contribution in [0.25, 0.3) is 22.3 Å². The molecule has 7 N–H and O–H groups in total. The van der Waals surface area contributed by atoms with Crippen molar-refractivity contribution >= 4 is 57.7 Å². The summed E-state index contributed by atoms with van der Waals surface area (Å²) in [5.74, 6) is -0.429. The minimum Gasteiger partial charge on any atom is -0.756 e. The molecule has 1 aromatic carbocycles. The molecule has 9 atom stereocenters. The van der Waals surface area contributed by atoms with Crippen molar-refractivity contribution in [2.75, 3.05) is 44.9 Å². The van der Waals surface area contributed by atoms with Crippen molar-refractivity contribution in [3.8, 4) is 0 Å². The highest BCUT2D eigenvalue weighted by atomic mass is 31.3. The van der Waals surface area contributed by atoms with Gasteiger partial charge in [-0.2, -0.15) is 4.98 Å². The van der Waals surface area contributed by atoms with Crippen LogP contribution in [0.4, 0.5) is 11.9 Å². The number of aromatic amines is 2. The number of nitrogen functional groups attached to an aromatic ring is 2. The molecular weight excluding hydrogens is 851 g/mol. The quantitative estimate of drug-likeness (QED) is 0.0516. The highest BCUT2D eigenvalue weighted by molar-refractivity contribution is 7.65. The van der Waals surface area contributed by atoms with Crippen molar-refractivity contribution in [1.82, 2.24) is 39.0 Å². The number of nitrogens with one attached hydrogen (secondary N) is 2. The van der Waals surface area contributed by atoms with Gasteiger partial charge in [0.1, 0.15) is 18.3 Å². The van der Waals surface area contributed by atoms with Gasteiger partial charge in [0.2, 0.25) is 11.5 Å². The van der Waals surface area contributed by atoms with Crippen LogP contribution in [0.15, 0.2) is 52.6 Å². The fourth-order valence-corrected chi connectivity index (χ4v) is 10.1. The molecular formula is C29H36N11O16P3-2. The number of anilines is 2. The SMILES string of the molecule is CO[C@@H]1[C@H](O)[C@@H](COP(=O)([O-])OP(=O)([O-])OP(=O)([O-])OCC2CN(Cc3ccccc3)CC([n+]3cn(C)c4c(=O)[nH]c(N)nc43)O2)O[C@H]1n1cnc2c(=O)[nH]c(N)nc21. The maximum atomic E-state index is 12.8. The fourth-order valence-electron chi connectivity index (χ4n) is 6.70. The number of H-pyrrole nitrogens is 2. The van der Waals surface area contributed by atoms with E-state index in [0.717, 1.165) is 11.9 Å². The van der Waals surface area contributed by atoms with E-state index >= 15 is 0 Å². The number of imidazole rings is 2. The van der Waals surface area contributed by atoms with Crippen molar-refractivity contribution in [2.45, 2.75) is 43.4 Å². The first-order valence-corrected chi connectivity index (χ1v) is 21.6. The Labute approximate surface area is 330 Å². The zero-order chi connectivity index (χ0) is 42.4. The van der Waals surface area contributed by atoms with Gasteiger partial charge in [-0.05, 0) is 5.56 Å². The molecule has 7 rings (SSSR count). The number of aromatic nitrogens is 8. The topological polar surface area (TPSA) is 379 Å². The minimum atomic E-state index is -6.30.